The number of aliphatic hydroxyl groups is 1. The van der Waals surface area contributed by atoms with Gasteiger partial charge < -0.3 is 15.2 Å². The number of aliphatic hydroxyl groups excluding tert-OH is 1. The minimum atomic E-state index is -0.495. The Morgan fingerprint density at radius 1 is 1.56 bits per heavy atom. The fourth-order valence-corrected chi connectivity index (χ4v) is 1.30. The largest absolute Gasteiger partial charge is 0.484 e. The van der Waals surface area contributed by atoms with Crippen molar-refractivity contribution >= 4 is 11.6 Å². The van der Waals surface area contributed by atoms with Gasteiger partial charge in [-0.25, -0.2) is 0 Å². The standard InChI is InChI=1S/C11H14N2O5/c1-8-6-9(13(16)17)2-3-10(8)18-7-11(15)12-4-5-14/h2-3,6,14H,4-5,7H2,1H3,(H,12,15). The molecule has 0 saturated heterocycles. The van der Waals surface area contributed by atoms with Crippen LogP contribution in [0.4, 0.5) is 5.69 Å². The highest BCUT2D eigenvalue weighted by Crippen LogP contribution is 2.22. The Kier molecular flexibility index (Phi) is 5.06. The van der Waals surface area contributed by atoms with Crippen molar-refractivity contribution in [2.75, 3.05) is 19.8 Å². The number of nitro benzene ring substituents is 1. The zero-order valence-corrected chi connectivity index (χ0v) is 9.88. The molecule has 2 N–H and O–H groups in total. The van der Waals surface area contributed by atoms with Crippen LogP contribution >= 0.6 is 0 Å². The maximum absolute atomic E-state index is 11.2. The van der Waals surface area contributed by atoms with E-state index in [0.29, 0.717) is 11.3 Å². The van der Waals surface area contributed by atoms with Crippen LogP contribution in [0.5, 0.6) is 5.75 Å². The molecule has 1 rings (SSSR count). The number of hydrogen-bond acceptors (Lipinski definition) is 5. The average Bonchev–Trinajstić information content (AvgIpc) is 2.34. The third-order valence-corrected chi connectivity index (χ3v) is 2.16. The number of nitro groups is 1. The van der Waals surface area contributed by atoms with E-state index in [-0.39, 0.29) is 31.4 Å². The van der Waals surface area contributed by atoms with Crippen molar-refractivity contribution in [2.45, 2.75) is 6.92 Å². The Morgan fingerprint density at radius 3 is 2.83 bits per heavy atom. The maximum Gasteiger partial charge on any atom is 0.269 e. The highest BCUT2D eigenvalue weighted by molar-refractivity contribution is 5.77. The Hall–Kier alpha value is -2.15. The summed E-state index contributed by atoms with van der Waals surface area (Å²) in [5.74, 6) is 0.0570. The SMILES string of the molecule is Cc1cc([N+](=O)[O-])ccc1OCC(=O)NCCO. The van der Waals surface area contributed by atoms with Gasteiger partial charge in [0.15, 0.2) is 6.61 Å². The number of rotatable bonds is 6. The fourth-order valence-electron chi connectivity index (χ4n) is 1.30. The van der Waals surface area contributed by atoms with E-state index in [4.69, 9.17) is 9.84 Å². The summed E-state index contributed by atoms with van der Waals surface area (Å²) in [7, 11) is 0. The first kappa shape index (κ1) is 13.9. The van der Waals surface area contributed by atoms with E-state index in [1.807, 2.05) is 0 Å². The quantitative estimate of drug-likeness (QED) is 0.564. The van der Waals surface area contributed by atoms with Gasteiger partial charge in [-0.05, 0) is 18.6 Å². The number of carbonyl (C=O) groups excluding carboxylic acids is 1. The van der Waals surface area contributed by atoms with E-state index in [2.05, 4.69) is 5.32 Å². The highest BCUT2D eigenvalue weighted by atomic mass is 16.6. The van der Waals surface area contributed by atoms with E-state index < -0.39 is 4.92 Å². The molecule has 0 radical (unpaired) electrons. The molecular weight excluding hydrogens is 240 g/mol. The zero-order valence-electron chi connectivity index (χ0n) is 9.88. The van der Waals surface area contributed by atoms with Crippen LogP contribution in [0.1, 0.15) is 5.56 Å². The summed E-state index contributed by atoms with van der Waals surface area (Å²) in [5.41, 5.74) is 0.559. The number of benzene rings is 1. The lowest BCUT2D eigenvalue weighted by Crippen LogP contribution is -2.31. The Balaban J connectivity index is 2.58. The molecule has 7 nitrogen and oxygen atoms in total. The van der Waals surface area contributed by atoms with Crippen LogP contribution in [-0.4, -0.2) is 35.7 Å². The van der Waals surface area contributed by atoms with Crippen LogP contribution in [0.2, 0.25) is 0 Å². The molecule has 0 spiro atoms. The number of non-ortho nitro benzene ring substituents is 1. The minimum absolute atomic E-state index is 0.0235. The van der Waals surface area contributed by atoms with Crippen molar-refractivity contribution in [1.82, 2.24) is 5.32 Å². The molecular formula is C11H14N2O5. The molecule has 0 aliphatic heterocycles. The number of nitrogens with zero attached hydrogens (tertiary/aromatic N) is 1. The van der Waals surface area contributed by atoms with E-state index >= 15 is 0 Å². The van der Waals surface area contributed by atoms with E-state index in [1.165, 1.54) is 18.2 Å². The second-order valence-corrected chi connectivity index (χ2v) is 3.57. The van der Waals surface area contributed by atoms with Gasteiger partial charge in [0.1, 0.15) is 5.75 Å². The number of nitrogens with one attached hydrogen (secondary N) is 1. The van der Waals surface area contributed by atoms with Crippen molar-refractivity contribution in [2.24, 2.45) is 0 Å². The van der Waals surface area contributed by atoms with Crippen molar-refractivity contribution < 1.29 is 19.6 Å². The van der Waals surface area contributed by atoms with Crippen molar-refractivity contribution in [3.8, 4) is 5.75 Å². The molecule has 0 saturated carbocycles. The zero-order chi connectivity index (χ0) is 13.5. The molecule has 0 fully saturated rings. The van der Waals surface area contributed by atoms with Crippen LogP contribution < -0.4 is 10.1 Å². The molecule has 0 aliphatic carbocycles. The monoisotopic (exact) mass is 254 g/mol. The second kappa shape index (κ2) is 6.55. The summed E-state index contributed by atoms with van der Waals surface area (Å²) in [6.07, 6.45) is 0. The van der Waals surface area contributed by atoms with Gasteiger partial charge in [0.05, 0.1) is 11.5 Å². The second-order valence-electron chi connectivity index (χ2n) is 3.57. The summed E-state index contributed by atoms with van der Waals surface area (Å²) in [6.45, 7) is 1.50. The van der Waals surface area contributed by atoms with Gasteiger partial charge in [-0.1, -0.05) is 0 Å². The normalized spacial score (nSPS) is 9.89. The van der Waals surface area contributed by atoms with E-state index in [0.717, 1.165) is 0 Å². The fraction of sp³-hybridized carbons (Fsp3) is 0.364. The predicted octanol–water partition coefficient (Wildman–Crippen LogP) is 0.391. The Bertz CT molecular complexity index is 447. The molecule has 1 aromatic carbocycles. The highest BCUT2D eigenvalue weighted by Gasteiger charge is 2.09. The van der Waals surface area contributed by atoms with Crippen molar-refractivity contribution in [1.29, 1.82) is 0 Å². The number of ether oxygens (including phenoxy) is 1. The third-order valence-electron chi connectivity index (χ3n) is 2.16. The summed E-state index contributed by atoms with van der Waals surface area (Å²) in [5, 5.41) is 21.5. The van der Waals surface area contributed by atoms with Gasteiger partial charge in [-0.15, -0.1) is 0 Å². The van der Waals surface area contributed by atoms with Crippen molar-refractivity contribution in [3.63, 3.8) is 0 Å². The maximum atomic E-state index is 11.2. The van der Waals surface area contributed by atoms with Gasteiger partial charge in [-0.2, -0.15) is 0 Å². The van der Waals surface area contributed by atoms with Crippen LogP contribution in [0.3, 0.4) is 0 Å². The summed E-state index contributed by atoms with van der Waals surface area (Å²) < 4.78 is 5.21. The van der Waals surface area contributed by atoms with Crippen LogP contribution in [0.25, 0.3) is 0 Å². The van der Waals surface area contributed by atoms with E-state index in [1.54, 1.807) is 6.92 Å². The lowest BCUT2D eigenvalue weighted by Gasteiger charge is -2.08. The summed E-state index contributed by atoms with van der Waals surface area (Å²) in [6, 6.07) is 4.14. The van der Waals surface area contributed by atoms with Gasteiger partial charge in [0, 0.05) is 18.7 Å². The number of hydrogen-bond donors (Lipinski definition) is 2. The van der Waals surface area contributed by atoms with Gasteiger partial charge in [0.25, 0.3) is 11.6 Å². The molecule has 7 heteroatoms. The Morgan fingerprint density at radius 2 is 2.28 bits per heavy atom. The third kappa shape index (κ3) is 4.02. The molecule has 1 aromatic rings. The molecule has 0 aromatic heterocycles. The van der Waals surface area contributed by atoms with Gasteiger partial charge >= 0.3 is 0 Å². The van der Waals surface area contributed by atoms with Gasteiger partial charge in [0.2, 0.25) is 0 Å². The molecule has 0 heterocycles. The van der Waals surface area contributed by atoms with Gasteiger partial charge in [-0.3, -0.25) is 14.9 Å². The molecule has 0 unspecified atom stereocenters. The lowest BCUT2D eigenvalue weighted by atomic mass is 10.2. The Labute approximate surface area is 104 Å². The molecule has 1 amide bonds. The molecule has 0 bridgehead atoms. The first-order valence-electron chi connectivity index (χ1n) is 5.30. The molecule has 0 atom stereocenters. The van der Waals surface area contributed by atoms with Crippen molar-refractivity contribution in [3.05, 3.63) is 33.9 Å². The summed E-state index contributed by atoms with van der Waals surface area (Å²) in [4.78, 5) is 21.2. The predicted molar refractivity (Wildman–Crippen MR) is 63.4 cm³/mol. The number of carbonyl (C=O) groups is 1. The molecule has 18 heavy (non-hydrogen) atoms. The first-order chi connectivity index (χ1) is 8.54. The van der Waals surface area contributed by atoms with Crippen LogP contribution in [-0.2, 0) is 4.79 Å². The van der Waals surface area contributed by atoms with Crippen LogP contribution in [0, 0.1) is 17.0 Å². The first-order valence-corrected chi connectivity index (χ1v) is 5.30. The number of aryl methyl sites for hydroxylation is 1. The molecule has 0 aliphatic rings. The number of amides is 1. The minimum Gasteiger partial charge on any atom is -0.484 e. The lowest BCUT2D eigenvalue weighted by molar-refractivity contribution is -0.384. The smallest absolute Gasteiger partial charge is 0.269 e. The van der Waals surface area contributed by atoms with Crippen LogP contribution in [0.15, 0.2) is 18.2 Å². The van der Waals surface area contributed by atoms with E-state index in [9.17, 15) is 14.9 Å². The average molecular weight is 254 g/mol. The topological polar surface area (TPSA) is 102 Å². The molecule has 98 valence electrons. The summed E-state index contributed by atoms with van der Waals surface area (Å²) >= 11 is 0.